The Labute approximate surface area is 70.1 Å². The molecule has 0 aromatic heterocycles. The summed E-state index contributed by atoms with van der Waals surface area (Å²) in [7, 11) is 1.82. The highest BCUT2D eigenvalue weighted by atomic mass is 16.5. The molecule has 1 saturated carbocycles. The summed E-state index contributed by atoms with van der Waals surface area (Å²) >= 11 is 0. The molecule has 1 aliphatic carbocycles. The van der Waals surface area contributed by atoms with Crippen LogP contribution in [0, 0.1) is 11.8 Å². The second kappa shape index (κ2) is 4.76. The molecule has 0 unspecified atom stereocenters. The first-order valence-corrected chi connectivity index (χ1v) is 4.87. The molecule has 0 aromatic carbocycles. The molecule has 1 aliphatic rings. The fraction of sp³-hybridized carbons (Fsp3) is 1.00. The van der Waals surface area contributed by atoms with Crippen molar-refractivity contribution >= 4 is 0 Å². The van der Waals surface area contributed by atoms with Crippen molar-refractivity contribution in [2.24, 2.45) is 11.8 Å². The van der Waals surface area contributed by atoms with Crippen molar-refractivity contribution in [2.75, 3.05) is 13.7 Å². The summed E-state index contributed by atoms with van der Waals surface area (Å²) in [5, 5.41) is 0. The van der Waals surface area contributed by atoms with Crippen molar-refractivity contribution in [3.8, 4) is 0 Å². The van der Waals surface area contributed by atoms with Gasteiger partial charge in [0.25, 0.3) is 0 Å². The molecule has 0 N–H and O–H groups in total. The largest absolute Gasteiger partial charge is 0.384 e. The Bertz CT molecular complexity index is 99.0. The maximum atomic E-state index is 5.21. The zero-order valence-corrected chi connectivity index (χ0v) is 7.81. The van der Waals surface area contributed by atoms with Gasteiger partial charge in [0, 0.05) is 13.7 Å². The molecule has 1 nitrogen and oxygen atoms in total. The first-order chi connectivity index (χ1) is 5.38. The van der Waals surface area contributed by atoms with Crippen LogP contribution >= 0.6 is 0 Å². The second-order valence-corrected chi connectivity index (χ2v) is 3.67. The molecule has 0 spiro atoms. The minimum Gasteiger partial charge on any atom is -0.384 e. The Balaban J connectivity index is 2.31. The molecule has 0 radical (unpaired) electrons. The van der Waals surface area contributed by atoms with Gasteiger partial charge in [0.1, 0.15) is 0 Å². The Kier molecular flexibility index (Phi) is 3.92. The minimum atomic E-state index is 0.860. The van der Waals surface area contributed by atoms with E-state index >= 15 is 0 Å². The standard InChI is InChI=1S/C10H20O/c1-3-9-6-4-5-7-10(9)8-11-2/h9-10H,3-8H2,1-2H3/t9-,10+/m0/s1. The SMILES string of the molecule is CC[C@H]1CCCC[C@@H]1COC. The number of ether oxygens (including phenoxy) is 1. The van der Waals surface area contributed by atoms with E-state index in [1.165, 1.54) is 32.1 Å². The van der Waals surface area contributed by atoms with Crippen LogP contribution in [0.1, 0.15) is 39.0 Å². The van der Waals surface area contributed by atoms with Crippen molar-refractivity contribution in [3.05, 3.63) is 0 Å². The predicted octanol–water partition coefficient (Wildman–Crippen LogP) is 2.85. The second-order valence-electron chi connectivity index (χ2n) is 3.67. The maximum absolute atomic E-state index is 5.21. The summed E-state index contributed by atoms with van der Waals surface area (Å²) < 4.78 is 5.21. The summed E-state index contributed by atoms with van der Waals surface area (Å²) in [6, 6.07) is 0. The Hall–Kier alpha value is -0.0400. The van der Waals surface area contributed by atoms with Crippen LogP contribution in [0.5, 0.6) is 0 Å². The summed E-state index contributed by atoms with van der Waals surface area (Å²) in [6.07, 6.45) is 7.04. The van der Waals surface area contributed by atoms with Crippen LogP contribution < -0.4 is 0 Å². The van der Waals surface area contributed by atoms with Crippen LogP contribution in [0.2, 0.25) is 0 Å². The van der Waals surface area contributed by atoms with Crippen LogP contribution in [-0.2, 0) is 4.74 Å². The van der Waals surface area contributed by atoms with Crippen LogP contribution in [0.3, 0.4) is 0 Å². The highest BCUT2D eigenvalue weighted by Gasteiger charge is 2.22. The van der Waals surface area contributed by atoms with E-state index in [-0.39, 0.29) is 0 Å². The third-order valence-electron chi connectivity index (χ3n) is 2.97. The summed E-state index contributed by atoms with van der Waals surface area (Å²) in [6.45, 7) is 3.29. The van der Waals surface area contributed by atoms with Gasteiger partial charge >= 0.3 is 0 Å². The van der Waals surface area contributed by atoms with Gasteiger partial charge in [0.2, 0.25) is 0 Å². The van der Waals surface area contributed by atoms with Gasteiger partial charge in [-0.05, 0) is 18.3 Å². The topological polar surface area (TPSA) is 9.23 Å². The fourth-order valence-corrected chi connectivity index (χ4v) is 2.26. The molecule has 0 aromatic rings. The highest BCUT2D eigenvalue weighted by Crippen LogP contribution is 2.31. The zero-order chi connectivity index (χ0) is 8.10. The molecular weight excluding hydrogens is 136 g/mol. The molecule has 11 heavy (non-hydrogen) atoms. The average molecular weight is 156 g/mol. The lowest BCUT2D eigenvalue weighted by molar-refractivity contribution is 0.0924. The van der Waals surface area contributed by atoms with Gasteiger partial charge in [-0.25, -0.2) is 0 Å². The predicted molar refractivity (Wildman–Crippen MR) is 47.6 cm³/mol. The molecule has 2 atom stereocenters. The number of rotatable bonds is 3. The third-order valence-corrected chi connectivity index (χ3v) is 2.97. The van der Waals surface area contributed by atoms with E-state index in [2.05, 4.69) is 6.92 Å². The first kappa shape index (κ1) is 9.05. The first-order valence-electron chi connectivity index (χ1n) is 4.87. The molecule has 0 amide bonds. The van der Waals surface area contributed by atoms with Crippen LogP contribution in [0.4, 0.5) is 0 Å². The van der Waals surface area contributed by atoms with E-state index in [0.29, 0.717) is 0 Å². The number of methoxy groups -OCH3 is 1. The van der Waals surface area contributed by atoms with E-state index in [4.69, 9.17) is 4.74 Å². The van der Waals surface area contributed by atoms with Crippen molar-refractivity contribution < 1.29 is 4.74 Å². The van der Waals surface area contributed by atoms with Crippen molar-refractivity contribution in [1.82, 2.24) is 0 Å². The van der Waals surface area contributed by atoms with Crippen molar-refractivity contribution in [2.45, 2.75) is 39.0 Å². The summed E-state index contributed by atoms with van der Waals surface area (Å²) in [4.78, 5) is 0. The number of hydrogen-bond donors (Lipinski definition) is 0. The molecule has 0 heterocycles. The average Bonchev–Trinajstić information content (AvgIpc) is 2.06. The minimum absolute atomic E-state index is 0.860. The smallest absolute Gasteiger partial charge is 0.0493 e. The molecule has 66 valence electrons. The van der Waals surface area contributed by atoms with Gasteiger partial charge in [0.15, 0.2) is 0 Å². The molecule has 1 rings (SSSR count). The molecule has 1 fully saturated rings. The van der Waals surface area contributed by atoms with E-state index in [1.54, 1.807) is 0 Å². The van der Waals surface area contributed by atoms with E-state index < -0.39 is 0 Å². The van der Waals surface area contributed by atoms with Crippen LogP contribution in [-0.4, -0.2) is 13.7 Å². The molecule has 0 saturated heterocycles. The van der Waals surface area contributed by atoms with Gasteiger partial charge in [-0.1, -0.05) is 32.6 Å². The molecule has 0 aliphatic heterocycles. The lowest BCUT2D eigenvalue weighted by Crippen LogP contribution is -2.22. The summed E-state index contributed by atoms with van der Waals surface area (Å²) in [5.74, 6) is 1.81. The van der Waals surface area contributed by atoms with E-state index in [1.807, 2.05) is 7.11 Å². The fourth-order valence-electron chi connectivity index (χ4n) is 2.26. The quantitative estimate of drug-likeness (QED) is 0.610. The maximum Gasteiger partial charge on any atom is 0.0493 e. The molecular formula is C10H20O. The summed E-state index contributed by atoms with van der Waals surface area (Å²) in [5.41, 5.74) is 0. The van der Waals surface area contributed by atoms with Gasteiger partial charge in [-0.2, -0.15) is 0 Å². The van der Waals surface area contributed by atoms with Crippen LogP contribution in [0.15, 0.2) is 0 Å². The molecule has 1 heteroatoms. The Morgan fingerprint density at radius 3 is 2.36 bits per heavy atom. The van der Waals surface area contributed by atoms with Crippen LogP contribution in [0.25, 0.3) is 0 Å². The lowest BCUT2D eigenvalue weighted by Gasteiger charge is -2.30. The van der Waals surface area contributed by atoms with Gasteiger partial charge in [0.05, 0.1) is 0 Å². The molecule has 0 bridgehead atoms. The van der Waals surface area contributed by atoms with Crippen molar-refractivity contribution in [1.29, 1.82) is 0 Å². The van der Waals surface area contributed by atoms with E-state index in [9.17, 15) is 0 Å². The Morgan fingerprint density at radius 1 is 1.18 bits per heavy atom. The van der Waals surface area contributed by atoms with Gasteiger partial charge in [-0.15, -0.1) is 0 Å². The normalized spacial score (nSPS) is 32.2. The lowest BCUT2D eigenvalue weighted by atomic mass is 9.78. The monoisotopic (exact) mass is 156 g/mol. The zero-order valence-electron chi connectivity index (χ0n) is 7.81. The third kappa shape index (κ3) is 2.48. The van der Waals surface area contributed by atoms with Crippen molar-refractivity contribution in [3.63, 3.8) is 0 Å². The highest BCUT2D eigenvalue weighted by molar-refractivity contribution is 4.73. The van der Waals surface area contributed by atoms with Gasteiger partial charge < -0.3 is 4.74 Å². The van der Waals surface area contributed by atoms with Gasteiger partial charge in [-0.3, -0.25) is 0 Å². The number of hydrogen-bond acceptors (Lipinski definition) is 1. The van der Waals surface area contributed by atoms with E-state index in [0.717, 1.165) is 18.4 Å². The Morgan fingerprint density at radius 2 is 1.82 bits per heavy atom.